The summed E-state index contributed by atoms with van der Waals surface area (Å²) in [5.74, 6) is 0.725. The largest absolute Gasteiger partial charge is 0.395 e. The van der Waals surface area contributed by atoms with Crippen molar-refractivity contribution in [3.05, 3.63) is 0 Å². The summed E-state index contributed by atoms with van der Waals surface area (Å²) in [6.07, 6.45) is 2.54. The molecule has 1 aliphatic rings. The maximum Gasteiger partial charge on any atom is 0.312 e. The Morgan fingerprint density at radius 1 is 1.35 bits per heavy atom. The van der Waals surface area contributed by atoms with Crippen molar-refractivity contribution < 1.29 is 14.7 Å². The van der Waals surface area contributed by atoms with Gasteiger partial charge in [0.05, 0.1) is 6.61 Å². The van der Waals surface area contributed by atoms with Crippen molar-refractivity contribution in [3.63, 3.8) is 0 Å². The number of rotatable bonds is 7. The number of amides is 3. The highest BCUT2D eigenvalue weighted by Crippen LogP contribution is 2.08. The number of aliphatic hydroxyl groups excluding tert-OH is 1. The summed E-state index contributed by atoms with van der Waals surface area (Å²) in [5, 5.41) is 11.4. The average molecular weight is 304 g/mol. The fraction of sp³-hybridized carbons (Fsp3) is 0.833. The van der Waals surface area contributed by atoms with E-state index < -0.39 is 12.1 Å². The van der Waals surface area contributed by atoms with Gasteiger partial charge in [0.15, 0.2) is 0 Å². The third-order valence-electron chi connectivity index (χ3n) is 3.33. The number of carbonyl (C=O) groups is 2. The quantitative estimate of drug-likeness (QED) is 0.555. The molecule has 116 valence electrons. The second kappa shape index (κ2) is 9.04. The lowest BCUT2D eigenvalue weighted by atomic mass is 10.1. The number of hydrogen-bond donors (Lipinski definition) is 3. The van der Waals surface area contributed by atoms with E-state index >= 15 is 0 Å². The zero-order chi connectivity index (χ0) is 15.0. The van der Waals surface area contributed by atoms with Crippen LogP contribution in [0.15, 0.2) is 0 Å². The van der Waals surface area contributed by atoms with Crippen molar-refractivity contribution in [2.75, 3.05) is 51.3 Å². The molecule has 1 atom stereocenters. The Labute approximate surface area is 123 Å². The maximum atomic E-state index is 12.4. The number of primary amides is 1. The molecule has 7 nitrogen and oxygen atoms in total. The molecule has 0 bridgehead atoms. The van der Waals surface area contributed by atoms with Crippen LogP contribution in [0.2, 0.25) is 0 Å². The molecular formula is C12H24N4O3S. The van der Waals surface area contributed by atoms with E-state index in [1.54, 1.807) is 16.7 Å². The van der Waals surface area contributed by atoms with E-state index in [4.69, 9.17) is 10.8 Å². The van der Waals surface area contributed by atoms with Crippen molar-refractivity contribution >= 4 is 23.7 Å². The topological polar surface area (TPSA) is 98.9 Å². The monoisotopic (exact) mass is 304 g/mol. The zero-order valence-corrected chi connectivity index (χ0v) is 12.7. The lowest BCUT2D eigenvalue weighted by Gasteiger charge is -2.36. The van der Waals surface area contributed by atoms with Gasteiger partial charge in [-0.25, -0.2) is 4.79 Å². The molecule has 1 aliphatic heterocycles. The molecular weight excluding hydrogens is 280 g/mol. The van der Waals surface area contributed by atoms with Gasteiger partial charge in [-0.05, 0) is 18.4 Å². The predicted molar refractivity (Wildman–Crippen MR) is 79.6 cm³/mol. The van der Waals surface area contributed by atoms with Crippen molar-refractivity contribution in [1.29, 1.82) is 0 Å². The van der Waals surface area contributed by atoms with Crippen LogP contribution in [0.5, 0.6) is 0 Å². The molecule has 0 aliphatic carbocycles. The van der Waals surface area contributed by atoms with Gasteiger partial charge in [-0.2, -0.15) is 11.8 Å². The van der Waals surface area contributed by atoms with Crippen LogP contribution < -0.4 is 11.1 Å². The first-order chi connectivity index (χ1) is 9.58. The van der Waals surface area contributed by atoms with E-state index in [-0.39, 0.29) is 12.5 Å². The summed E-state index contributed by atoms with van der Waals surface area (Å²) in [6, 6.07) is -1.20. The Morgan fingerprint density at radius 3 is 2.50 bits per heavy atom. The van der Waals surface area contributed by atoms with Crippen molar-refractivity contribution in [2.45, 2.75) is 12.5 Å². The average Bonchev–Trinajstić information content (AvgIpc) is 2.43. The molecule has 0 spiro atoms. The van der Waals surface area contributed by atoms with Gasteiger partial charge in [0.25, 0.3) is 0 Å². The minimum atomic E-state index is -0.664. The molecule has 1 heterocycles. The van der Waals surface area contributed by atoms with E-state index in [9.17, 15) is 9.59 Å². The number of urea groups is 1. The van der Waals surface area contributed by atoms with Crippen molar-refractivity contribution in [3.8, 4) is 0 Å². The van der Waals surface area contributed by atoms with Crippen LogP contribution in [-0.4, -0.2) is 84.2 Å². The van der Waals surface area contributed by atoms with Gasteiger partial charge in [0.1, 0.15) is 6.04 Å². The molecule has 0 saturated carbocycles. The lowest BCUT2D eigenvalue weighted by molar-refractivity contribution is -0.135. The number of nitrogens with two attached hydrogens (primary N) is 1. The fourth-order valence-corrected chi connectivity index (χ4v) is 2.69. The minimum Gasteiger partial charge on any atom is -0.395 e. The van der Waals surface area contributed by atoms with Gasteiger partial charge in [-0.15, -0.1) is 0 Å². The van der Waals surface area contributed by atoms with Crippen LogP contribution in [0.4, 0.5) is 4.79 Å². The number of nitrogens with zero attached hydrogens (tertiary/aromatic N) is 2. The predicted octanol–water partition coefficient (Wildman–Crippen LogP) is -1.09. The molecule has 0 aromatic carbocycles. The number of nitrogens with one attached hydrogen (secondary N) is 1. The van der Waals surface area contributed by atoms with E-state index in [1.165, 1.54) is 0 Å². The third-order valence-corrected chi connectivity index (χ3v) is 3.97. The number of piperazine rings is 1. The molecule has 3 amide bonds. The number of hydrogen-bond acceptors (Lipinski definition) is 5. The first kappa shape index (κ1) is 17.1. The summed E-state index contributed by atoms with van der Waals surface area (Å²) in [4.78, 5) is 27.2. The van der Waals surface area contributed by atoms with E-state index in [2.05, 4.69) is 10.2 Å². The van der Waals surface area contributed by atoms with Crippen LogP contribution in [0, 0.1) is 0 Å². The van der Waals surface area contributed by atoms with Gasteiger partial charge in [0.2, 0.25) is 5.91 Å². The number of aliphatic hydroxyl groups is 1. The normalized spacial score (nSPS) is 17.8. The van der Waals surface area contributed by atoms with Crippen LogP contribution in [0.1, 0.15) is 6.42 Å². The molecule has 4 N–H and O–H groups in total. The summed E-state index contributed by atoms with van der Waals surface area (Å²) < 4.78 is 0. The highest BCUT2D eigenvalue weighted by atomic mass is 32.2. The molecule has 1 unspecified atom stereocenters. The Kier molecular flexibility index (Phi) is 7.71. The highest BCUT2D eigenvalue weighted by molar-refractivity contribution is 7.98. The molecule has 0 aromatic rings. The molecule has 20 heavy (non-hydrogen) atoms. The first-order valence-electron chi connectivity index (χ1n) is 6.75. The second-order valence-corrected chi connectivity index (χ2v) is 5.72. The summed E-state index contributed by atoms with van der Waals surface area (Å²) in [6.45, 7) is 3.51. The van der Waals surface area contributed by atoms with E-state index in [0.717, 1.165) is 18.8 Å². The summed E-state index contributed by atoms with van der Waals surface area (Å²) in [5.41, 5.74) is 5.13. The Balaban J connectivity index is 2.50. The third kappa shape index (κ3) is 5.56. The standard InChI is InChI=1S/C12H24N4O3S/c1-20-9-2-10(14-12(13)19)11(18)16-5-3-15(4-6-16)7-8-17/h10,17H,2-9H2,1H3,(H3,13,14,19). The van der Waals surface area contributed by atoms with Crippen LogP contribution in [0.3, 0.4) is 0 Å². The number of thioether (sulfide) groups is 1. The molecule has 1 saturated heterocycles. The highest BCUT2D eigenvalue weighted by Gasteiger charge is 2.27. The van der Waals surface area contributed by atoms with Crippen LogP contribution in [-0.2, 0) is 4.79 Å². The Hall–Kier alpha value is -0.990. The van der Waals surface area contributed by atoms with E-state index in [0.29, 0.717) is 26.1 Å². The molecule has 0 radical (unpaired) electrons. The Bertz CT molecular complexity index is 322. The SMILES string of the molecule is CSCCC(NC(N)=O)C(=O)N1CCN(CCO)CC1. The van der Waals surface area contributed by atoms with Gasteiger partial charge in [-0.3, -0.25) is 9.69 Å². The molecule has 1 fully saturated rings. The lowest BCUT2D eigenvalue weighted by Crippen LogP contribution is -2.56. The molecule has 0 aromatic heterocycles. The summed E-state index contributed by atoms with van der Waals surface area (Å²) in [7, 11) is 0. The Morgan fingerprint density at radius 2 is 2.00 bits per heavy atom. The van der Waals surface area contributed by atoms with Gasteiger partial charge in [-0.1, -0.05) is 0 Å². The van der Waals surface area contributed by atoms with Gasteiger partial charge in [0, 0.05) is 32.7 Å². The van der Waals surface area contributed by atoms with Crippen molar-refractivity contribution in [2.24, 2.45) is 5.73 Å². The van der Waals surface area contributed by atoms with Crippen molar-refractivity contribution in [1.82, 2.24) is 15.1 Å². The minimum absolute atomic E-state index is 0.0681. The van der Waals surface area contributed by atoms with Crippen LogP contribution in [0.25, 0.3) is 0 Å². The van der Waals surface area contributed by atoms with Crippen LogP contribution >= 0.6 is 11.8 Å². The molecule has 8 heteroatoms. The first-order valence-corrected chi connectivity index (χ1v) is 8.14. The zero-order valence-electron chi connectivity index (χ0n) is 11.9. The van der Waals surface area contributed by atoms with Gasteiger partial charge < -0.3 is 21.1 Å². The van der Waals surface area contributed by atoms with Gasteiger partial charge >= 0.3 is 6.03 Å². The fourth-order valence-electron chi connectivity index (χ4n) is 2.22. The summed E-state index contributed by atoms with van der Waals surface area (Å²) >= 11 is 1.63. The smallest absolute Gasteiger partial charge is 0.312 e. The second-order valence-electron chi connectivity index (χ2n) is 4.73. The van der Waals surface area contributed by atoms with E-state index in [1.807, 2.05) is 6.26 Å². The number of β-amino-alcohol motifs (C(OH)–C–C–N with tert-alkyl or cyclic N) is 1. The number of carbonyl (C=O) groups excluding carboxylic acids is 2. The maximum absolute atomic E-state index is 12.4. The molecule has 1 rings (SSSR count).